The number of benzene rings is 1. The number of rotatable bonds is 4. The highest BCUT2D eigenvalue weighted by Gasteiger charge is 2.20. The van der Waals surface area contributed by atoms with Gasteiger partial charge in [0.2, 0.25) is 0 Å². The van der Waals surface area contributed by atoms with Gasteiger partial charge in [-0.1, -0.05) is 32.4 Å². The van der Waals surface area contributed by atoms with Crippen molar-refractivity contribution in [3.05, 3.63) is 41.7 Å². The summed E-state index contributed by atoms with van der Waals surface area (Å²) in [6, 6.07) is 8.05. The van der Waals surface area contributed by atoms with Crippen molar-refractivity contribution in [3.8, 4) is 0 Å². The molecule has 5 heteroatoms. The Bertz CT molecular complexity index is 471. The number of cyclic esters (lactones) is 1. The zero-order valence-electron chi connectivity index (χ0n) is 12.6. The van der Waals surface area contributed by atoms with Gasteiger partial charge in [-0.15, -0.1) is 0 Å². The number of aliphatic hydroxyl groups excluding tert-OH is 1. The predicted molar refractivity (Wildman–Crippen MR) is 89.3 cm³/mol. The van der Waals surface area contributed by atoms with E-state index in [1.54, 1.807) is 0 Å². The van der Waals surface area contributed by atoms with Crippen molar-refractivity contribution >= 4 is 21.0 Å². The van der Waals surface area contributed by atoms with E-state index >= 15 is 0 Å². The van der Waals surface area contributed by atoms with Gasteiger partial charge in [0.25, 0.3) is 0 Å². The summed E-state index contributed by atoms with van der Waals surface area (Å²) in [5.74, 6) is -0.342. The third-order valence-electron chi connectivity index (χ3n) is 2.88. The summed E-state index contributed by atoms with van der Waals surface area (Å²) < 4.78 is 5.13. The van der Waals surface area contributed by atoms with Crippen LogP contribution in [0.4, 0.5) is 5.69 Å². The van der Waals surface area contributed by atoms with Gasteiger partial charge in [0.1, 0.15) is 11.9 Å². The molecular formula is C16H24NO3P. The number of esters is 1. The minimum absolute atomic E-state index is 0.110. The average molecular weight is 309 g/mol. The molecule has 0 radical (unpaired) electrons. The fraction of sp³-hybridized carbons (Fsp3) is 0.438. The van der Waals surface area contributed by atoms with Crippen LogP contribution in [0.1, 0.15) is 38.7 Å². The summed E-state index contributed by atoms with van der Waals surface area (Å²) in [7, 11) is 2.45. The molecule has 2 atom stereocenters. The van der Waals surface area contributed by atoms with Crippen LogP contribution < -0.4 is 5.09 Å². The molecule has 2 rings (SSSR count). The summed E-state index contributed by atoms with van der Waals surface area (Å²) in [6.45, 7) is 4.25. The fourth-order valence-corrected chi connectivity index (χ4v) is 2.12. The monoisotopic (exact) mass is 309 g/mol. The van der Waals surface area contributed by atoms with Crippen molar-refractivity contribution in [2.24, 2.45) is 0 Å². The van der Waals surface area contributed by atoms with E-state index in [0.717, 1.165) is 24.6 Å². The fourth-order valence-electron chi connectivity index (χ4n) is 1.92. The van der Waals surface area contributed by atoms with Crippen LogP contribution in [0.25, 0.3) is 0 Å². The minimum Gasteiger partial charge on any atom is -0.512 e. The molecule has 116 valence electrons. The Kier molecular flexibility index (Phi) is 7.84. The maximum atomic E-state index is 11.1. The summed E-state index contributed by atoms with van der Waals surface area (Å²) in [6.07, 6.45) is 4.12. The van der Waals surface area contributed by atoms with E-state index in [4.69, 9.17) is 4.74 Å². The topological polar surface area (TPSA) is 58.6 Å². The van der Waals surface area contributed by atoms with Gasteiger partial charge in [-0.05, 0) is 39.9 Å². The predicted octanol–water partition coefficient (Wildman–Crippen LogP) is 3.99. The smallest absolute Gasteiger partial charge is 0.334 e. The van der Waals surface area contributed by atoms with Crippen LogP contribution >= 0.6 is 9.39 Å². The van der Waals surface area contributed by atoms with Gasteiger partial charge in [0.15, 0.2) is 0 Å². The van der Waals surface area contributed by atoms with Crippen molar-refractivity contribution in [3.63, 3.8) is 0 Å². The van der Waals surface area contributed by atoms with E-state index < -0.39 is 5.97 Å². The number of nitrogens with one attached hydrogen (secondary N) is 1. The van der Waals surface area contributed by atoms with E-state index in [0.29, 0.717) is 6.42 Å². The second kappa shape index (κ2) is 9.41. The molecule has 0 spiro atoms. The first-order valence-corrected chi connectivity index (χ1v) is 7.82. The quantitative estimate of drug-likeness (QED) is 0.652. The number of hydrogen-bond acceptors (Lipinski definition) is 4. The molecule has 2 unspecified atom stereocenters. The van der Waals surface area contributed by atoms with Gasteiger partial charge in [-0.3, -0.25) is 0 Å². The Balaban J connectivity index is 0.000000677. The van der Waals surface area contributed by atoms with E-state index in [2.05, 4.69) is 28.3 Å². The molecule has 0 bridgehead atoms. The molecule has 1 aliphatic heterocycles. The Morgan fingerprint density at radius 3 is 2.48 bits per heavy atom. The zero-order chi connectivity index (χ0) is 15.7. The molecule has 0 fully saturated rings. The van der Waals surface area contributed by atoms with Crippen molar-refractivity contribution in [2.75, 3.05) is 5.09 Å². The molecular weight excluding hydrogens is 285 g/mol. The second-order valence-electron chi connectivity index (χ2n) is 4.99. The van der Waals surface area contributed by atoms with Crippen LogP contribution in [-0.2, 0) is 16.0 Å². The minimum atomic E-state index is -0.452. The first kappa shape index (κ1) is 17.5. The van der Waals surface area contributed by atoms with Gasteiger partial charge < -0.3 is 14.9 Å². The summed E-state index contributed by atoms with van der Waals surface area (Å²) in [4.78, 5) is 11.1. The van der Waals surface area contributed by atoms with E-state index in [1.807, 2.05) is 24.3 Å². The van der Waals surface area contributed by atoms with Crippen molar-refractivity contribution < 1.29 is 14.6 Å². The summed E-state index contributed by atoms with van der Waals surface area (Å²) >= 11 is 0. The number of ether oxygens (including phenoxy) is 1. The Labute approximate surface area is 128 Å². The molecule has 1 aromatic carbocycles. The maximum absolute atomic E-state index is 11.1. The third kappa shape index (κ3) is 6.63. The summed E-state index contributed by atoms with van der Waals surface area (Å²) in [5.41, 5.74) is 2.22. The molecule has 1 heterocycles. The maximum Gasteiger partial charge on any atom is 0.334 e. The number of aryl methyl sites for hydroxylation is 1. The van der Waals surface area contributed by atoms with E-state index in [1.165, 1.54) is 12.0 Å². The third-order valence-corrected chi connectivity index (χ3v) is 3.21. The van der Waals surface area contributed by atoms with Crippen LogP contribution in [0.2, 0.25) is 0 Å². The van der Waals surface area contributed by atoms with Gasteiger partial charge in [-0.2, -0.15) is 0 Å². The molecule has 0 aromatic heterocycles. The van der Waals surface area contributed by atoms with Gasteiger partial charge in [0, 0.05) is 12.1 Å². The molecule has 0 saturated heterocycles. The molecule has 1 aromatic rings. The number of carbonyl (C=O) groups is 1. The van der Waals surface area contributed by atoms with Gasteiger partial charge >= 0.3 is 5.97 Å². The van der Waals surface area contributed by atoms with Crippen LogP contribution in [0, 0.1) is 0 Å². The number of carbonyl (C=O) groups excluding carboxylic acids is 1. The normalized spacial score (nSPS) is 17.2. The Morgan fingerprint density at radius 1 is 1.33 bits per heavy atom. The molecule has 1 aliphatic rings. The van der Waals surface area contributed by atoms with E-state index in [-0.39, 0.29) is 11.9 Å². The SMILES string of the molecule is CCC.O=C1C=C(O)CC(CCc2ccc(NP)cc2)O1. The largest absolute Gasteiger partial charge is 0.512 e. The second-order valence-corrected chi connectivity index (χ2v) is 5.27. The van der Waals surface area contributed by atoms with E-state index in [9.17, 15) is 9.90 Å². The van der Waals surface area contributed by atoms with Gasteiger partial charge in [-0.25, -0.2) is 4.79 Å². The lowest BCUT2D eigenvalue weighted by atomic mass is 10.0. The number of aliphatic hydroxyl groups is 1. The van der Waals surface area contributed by atoms with Crippen LogP contribution in [0.5, 0.6) is 0 Å². The van der Waals surface area contributed by atoms with Crippen molar-refractivity contribution in [2.45, 2.75) is 45.6 Å². The van der Waals surface area contributed by atoms with Crippen molar-refractivity contribution in [1.82, 2.24) is 0 Å². The first-order valence-electron chi connectivity index (χ1n) is 7.24. The van der Waals surface area contributed by atoms with Gasteiger partial charge in [0.05, 0.1) is 6.08 Å². The molecule has 0 saturated carbocycles. The molecule has 0 amide bonds. The highest BCUT2D eigenvalue weighted by Crippen LogP contribution is 2.19. The molecule has 21 heavy (non-hydrogen) atoms. The average Bonchev–Trinajstić information content (AvgIpc) is 2.45. The molecule has 2 N–H and O–H groups in total. The van der Waals surface area contributed by atoms with Crippen LogP contribution in [0.3, 0.4) is 0 Å². The van der Waals surface area contributed by atoms with Crippen molar-refractivity contribution in [1.29, 1.82) is 0 Å². The molecule has 0 aliphatic carbocycles. The lowest BCUT2D eigenvalue weighted by molar-refractivity contribution is -0.145. The highest BCUT2D eigenvalue weighted by molar-refractivity contribution is 7.18. The Morgan fingerprint density at radius 2 is 1.95 bits per heavy atom. The standard InChI is InChI=1S/C13H16NO3P.C3H8/c15-11-7-12(17-13(16)8-11)6-3-9-1-4-10(14-18)5-2-9;1-3-2/h1-2,4-5,8,12,14-15H,3,6-7,18H2;3H2,1-2H3. The summed E-state index contributed by atoms with van der Waals surface area (Å²) in [5, 5.41) is 12.3. The lowest BCUT2D eigenvalue weighted by Crippen LogP contribution is -2.23. The highest BCUT2D eigenvalue weighted by atomic mass is 31.0. The van der Waals surface area contributed by atoms with Crippen LogP contribution in [0.15, 0.2) is 36.1 Å². The number of anilines is 1. The lowest BCUT2D eigenvalue weighted by Gasteiger charge is -2.20. The number of hydrogen-bond donors (Lipinski definition) is 2. The van der Waals surface area contributed by atoms with Crippen LogP contribution in [-0.4, -0.2) is 17.2 Å². The Hall–Kier alpha value is -1.54. The molecule has 4 nitrogen and oxygen atoms in total. The first-order chi connectivity index (χ1) is 10.1. The zero-order valence-corrected chi connectivity index (χ0v) is 13.8.